The minimum atomic E-state index is -0.357. The van der Waals surface area contributed by atoms with E-state index >= 15 is 0 Å². The summed E-state index contributed by atoms with van der Waals surface area (Å²) in [7, 11) is 3.28. The third-order valence-electron chi connectivity index (χ3n) is 4.45. The van der Waals surface area contributed by atoms with Gasteiger partial charge in [-0.3, -0.25) is 9.59 Å². The highest BCUT2D eigenvalue weighted by atomic mass is 16.5. The lowest BCUT2D eigenvalue weighted by molar-refractivity contribution is -0.118. The number of carbonyl (C=O) groups excluding carboxylic acids is 2. The number of carbonyl (C=O) groups is 2. The van der Waals surface area contributed by atoms with E-state index in [1.54, 1.807) is 14.2 Å². The summed E-state index contributed by atoms with van der Waals surface area (Å²) in [6.45, 7) is 1.13. The summed E-state index contributed by atoms with van der Waals surface area (Å²) in [5.41, 5.74) is 6.87. The molecule has 24 heavy (non-hydrogen) atoms. The van der Waals surface area contributed by atoms with E-state index in [1.807, 2.05) is 29.2 Å². The molecule has 1 saturated heterocycles. The number of primary amides is 1. The van der Waals surface area contributed by atoms with Gasteiger partial charge in [-0.1, -0.05) is 12.1 Å². The number of piperidine rings is 1. The molecule has 0 bridgehead atoms. The lowest BCUT2D eigenvalue weighted by Gasteiger charge is -2.40. The average molecular weight is 334 g/mol. The van der Waals surface area contributed by atoms with E-state index in [2.05, 4.69) is 0 Å². The maximum absolute atomic E-state index is 13.0. The summed E-state index contributed by atoms with van der Waals surface area (Å²) >= 11 is 0. The lowest BCUT2D eigenvalue weighted by atomic mass is 9.93. The summed E-state index contributed by atoms with van der Waals surface area (Å²) in [5.74, 6) is -0.394. The standard InChI is InChI=1S/C18H26N2O4/c1-23-12-13-5-3-6-14(11-13)18(22)20-10-4-7-16(24-2)15(20)8-9-17(19)21/h3,5-6,11,15-16H,4,7-10,12H2,1-2H3,(H2,19,21)/t15-,16-/m0/s1. The Morgan fingerprint density at radius 1 is 1.33 bits per heavy atom. The van der Waals surface area contributed by atoms with E-state index in [1.165, 1.54) is 0 Å². The molecule has 0 aromatic heterocycles. The van der Waals surface area contributed by atoms with Crippen LogP contribution in [0.15, 0.2) is 24.3 Å². The molecule has 0 aliphatic carbocycles. The Labute approximate surface area is 142 Å². The summed E-state index contributed by atoms with van der Waals surface area (Å²) < 4.78 is 10.7. The second kappa shape index (κ2) is 8.80. The first-order valence-electron chi connectivity index (χ1n) is 8.26. The van der Waals surface area contributed by atoms with Gasteiger partial charge >= 0.3 is 0 Å². The maximum atomic E-state index is 13.0. The molecule has 2 rings (SSSR count). The number of hydrogen-bond donors (Lipinski definition) is 1. The third-order valence-corrected chi connectivity index (χ3v) is 4.45. The SMILES string of the molecule is COCc1cccc(C(=O)N2CCC[C@H](OC)[C@@H]2CCC(N)=O)c1. The number of nitrogens with two attached hydrogens (primary N) is 1. The van der Waals surface area contributed by atoms with Gasteiger partial charge in [0.2, 0.25) is 5.91 Å². The van der Waals surface area contributed by atoms with Gasteiger partial charge in [0.1, 0.15) is 0 Å². The lowest BCUT2D eigenvalue weighted by Crippen LogP contribution is -2.51. The Morgan fingerprint density at radius 3 is 2.79 bits per heavy atom. The predicted molar refractivity (Wildman–Crippen MR) is 90.4 cm³/mol. The second-order valence-electron chi connectivity index (χ2n) is 6.12. The van der Waals surface area contributed by atoms with Crippen LogP contribution in [0.1, 0.15) is 41.6 Å². The Hall–Kier alpha value is -1.92. The van der Waals surface area contributed by atoms with E-state index in [4.69, 9.17) is 15.2 Å². The highest BCUT2D eigenvalue weighted by Gasteiger charge is 2.34. The van der Waals surface area contributed by atoms with Crippen molar-refractivity contribution in [1.82, 2.24) is 4.90 Å². The monoisotopic (exact) mass is 334 g/mol. The molecular weight excluding hydrogens is 308 g/mol. The highest BCUT2D eigenvalue weighted by Crippen LogP contribution is 2.25. The van der Waals surface area contributed by atoms with Gasteiger partial charge in [-0.15, -0.1) is 0 Å². The van der Waals surface area contributed by atoms with Gasteiger partial charge in [-0.05, 0) is 37.0 Å². The van der Waals surface area contributed by atoms with Crippen LogP contribution >= 0.6 is 0 Å². The highest BCUT2D eigenvalue weighted by molar-refractivity contribution is 5.94. The fourth-order valence-corrected chi connectivity index (χ4v) is 3.31. The molecule has 0 saturated carbocycles. The van der Waals surface area contributed by atoms with Crippen molar-refractivity contribution >= 4 is 11.8 Å². The van der Waals surface area contributed by atoms with Crippen molar-refractivity contribution in [2.45, 2.75) is 44.4 Å². The van der Waals surface area contributed by atoms with Crippen LogP contribution in [0.25, 0.3) is 0 Å². The first-order valence-corrected chi connectivity index (χ1v) is 8.26. The second-order valence-corrected chi connectivity index (χ2v) is 6.12. The molecule has 1 fully saturated rings. The summed E-state index contributed by atoms with van der Waals surface area (Å²) in [6.07, 6.45) is 2.47. The molecule has 0 unspecified atom stereocenters. The van der Waals surface area contributed by atoms with E-state index in [0.29, 0.717) is 25.1 Å². The van der Waals surface area contributed by atoms with Gasteiger partial charge in [0.25, 0.3) is 5.91 Å². The average Bonchev–Trinajstić information content (AvgIpc) is 2.59. The number of benzene rings is 1. The van der Waals surface area contributed by atoms with Crippen LogP contribution < -0.4 is 5.73 Å². The first-order chi connectivity index (χ1) is 11.6. The fourth-order valence-electron chi connectivity index (χ4n) is 3.31. The van der Waals surface area contributed by atoms with Crippen molar-refractivity contribution in [1.29, 1.82) is 0 Å². The molecule has 0 radical (unpaired) electrons. The molecule has 1 aromatic rings. The van der Waals surface area contributed by atoms with Crippen molar-refractivity contribution in [2.24, 2.45) is 5.73 Å². The molecule has 0 spiro atoms. The van der Waals surface area contributed by atoms with Crippen molar-refractivity contribution in [3.05, 3.63) is 35.4 Å². The minimum absolute atomic E-state index is 0.0378. The molecule has 1 aliphatic heterocycles. The summed E-state index contributed by atoms with van der Waals surface area (Å²) in [4.78, 5) is 26.0. The predicted octanol–water partition coefficient (Wildman–Crippen LogP) is 1.72. The van der Waals surface area contributed by atoms with E-state index in [-0.39, 0.29) is 30.4 Å². The van der Waals surface area contributed by atoms with Crippen molar-refractivity contribution in [3.63, 3.8) is 0 Å². The topological polar surface area (TPSA) is 81.9 Å². The van der Waals surface area contributed by atoms with Gasteiger partial charge < -0.3 is 20.1 Å². The number of ether oxygens (including phenoxy) is 2. The fraction of sp³-hybridized carbons (Fsp3) is 0.556. The van der Waals surface area contributed by atoms with Crippen molar-refractivity contribution in [3.8, 4) is 0 Å². The molecule has 132 valence electrons. The number of nitrogens with zero attached hydrogens (tertiary/aromatic N) is 1. The number of likely N-dealkylation sites (tertiary alicyclic amines) is 1. The van der Waals surface area contributed by atoms with E-state index in [0.717, 1.165) is 18.4 Å². The molecule has 2 N–H and O–H groups in total. The Balaban J connectivity index is 2.20. The van der Waals surface area contributed by atoms with Crippen LogP contribution in [-0.4, -0.2) is 49.6 Å². The Bertz CT molecular complexity index is 576. The number of hydrogen-bond acceptors (Lipinski definition) is 4. The zero-order valence-corrected chi connectivity index (χ0v) is 14.4. The first kappa shape index (κ1) is 18.4. The van der Waals surface area contributed by atoms with Gasteiger partial charge in [-0.2, -0.15) is 0 Å². The van der Waals surface area contributed by atoms with Crippen LogP contribution in [-0.2, 0) is 20.9 Å². The van der Waals surface area contributed by atoms with Crippen LogP contribution in [0.2, 0.25) is 0 Å². The number of methoxy groups -OCH3 is 2. The summed E-state index contributed by atoms with van der Waals surface area (Å²) in [5, 5.41) is 0. The van der Waals surface area contributed by atoms with Gasteiger partial charge in [-0.25, -0.2) is 0 Å². The van der Waals surface area contributed by atoms with E-state index in [9.17, 15) is 9.59 Å². The molecule has 2 amide bonds. The normalized spacial score (nSPS) is 20.8. The quantitative estimate of drug-likeness (QED) is 0.823. The molecule has 1 heterocycles. The zero-order chi connectivity index (χ0) is 17.5. The van der Waals surface area contributed by atoms with Crippen molar-refractivity contribution in [2.75, 3.05) is 20.8 Å². The smallest absolute Gasteiger partial charge is 0.254 e. The molecule has 1 aliphatic rings. The molecule has 6 nitrogen and oxygen atoms in total. The Kier molecular flexibility index (Phi) is 6.75. The number of amides is 2. The van der Waals surface area contributed by atoms with Crippen LogP contribution in [0, 0.1) is 0 Å². The van der Waals surface area contributed by atoms with Crippen LogP contribution in [0.3, 0.4) is 0 Å². The van der Waals surface area contributed by atoms with Crippen LogP contribution in [0.4, 0.5) is 0 Å². The summed E-state index contributed by atoms with van der Waals surface area (Å²) in [6, 6.07) is 7.32. The minimum Gasteiger partial charge on any atom is -0.380 e. The molecule has 2 atom stereocenters. The molecule has 6 heteroatoms. The Morgan fingerprint density at radius 2 is 2.12 bits per heavy atom. The van der Waals surface area contributed by atoms with E-state index < -0.39 is 0 Å². The molecule has 1 aromatic carbocycles. The zero-order valence-electron chi connectivity index (χ0n) is 14.4. The van der Waals surface area contributed by atoms with Gasteiger partial charge in [0.15, 0.2) is 0 Å². The van der Waals surface area contributed by atoms with Crippen LogP contribution in [0.5, 0.6) is 0 Å². The van der Waals surface area contributed by atoms with Crippen molar-refractivity contribution < 1.29 is 19.1 Å². The van der Waals surface area contributed by atoms with Gasteiger partial charge in [0.05, 0.1) is 18.8 Å². The largest absolute Gasteiger partial charge is 0.380 e. The van der Waals surface area contributed by atoms with Gasteiger partial charge in [0, 0.05) is 32.7 Å². The maximum Gasteiger partial charge on any atom is 0.254 e. The number of rotatable bonds is 7. The third kappa shape index (κ3) is 4.55. The molecular formula is C18H26N2O4.